The fourth-order valence-electron chi connectivity index (χ4n) is 2.48. The molecule has 3 aromatic rings. The third-order valence-corrected chi connectivity index (χ3v) is 3.88. The molecule has 0 aliphatic rings. The molecular formula is C17H17FN8O2. The Morgan fingerprint density at radius 1 is 1.21 bits per heavy atom. The monoisotopic (exact) mass is 384 g/mol. The number of fused-ring (bicyclic) bond motifs is 1. The van der Waals surface area contributed by atoms with Gasteiger partial charge in [-0.2, -0.15) is 4.98 Å². The molecule has 10 nitrogen and oxygen atoms in total. The van der Waals surface area contributed by atoms with Crippen molar-refractivity contribution in [2.75, 3.05) is 10.6 Å². The number of pyridine rings is 1. The van der Waals surface area contributed by atoms with Crippen molar-refractivity contribution in [1.82, 2.24) is 20.2 Å². The Kier molecular flexibility index (Phi) is 5.25. The summed E-state index contributed by atoms with van der Waals surface area (Å²) in [5, 5.41) is 13.7. The SMILES string of the molecule is CC[C@@H](Nc1nnc(C(N)=O)c(Nc2cnc3ccc(F)cc3c2)n1)C(N)=O. The van der Waals surface area contributed by atoms with Crippen molar-refractivity contribution in [2.45, 2.75) is 19.4 Å². The molecule has 2 aromatic heterocycles. The first-order chi connectivity index (χ1) is 13.4. The lowest BCUT2D eigenvalue weighted by molar-refractivity contribution is -0.118. The molecule has 0 fully saturated rings. The van der Waals surface area contributed by atoms with Gasteiger partial charge in [0.1, 0.15) is 11.9 Å². The van der Waals surface area contributed by atoms with Gasteiger partial charge < -0.3 is 22.1 Å². The second-order valence-electron chi connectivity index (χ2n) is 5.89. The van der Waals surface area contributed by atoms with Crippen LogP contribution in [0.4, 0.5) is 21.8 Å². The van der Waals surface area contributed by atoms with Crippen LogP contribution < -0.4 is 22.1 Å². The molecule has 0 radical (unpaired) electrons. The number of nitrogens with two attached hydrogens (primary N) is 2. The molecule has 0 saturated carbocycles. The molecule has 0 aliphatic carbocycles. The predicted molar refractivity (Wildman–Crippen MR) is 100 cm³/mol. The lowest BCUT2D eigenvalue weighted by Gasteiger charge is -2.14. The third-order valence-electron chi connectivity index (χ3n) is 3.88. The van der Waals surface area contributed by atoms with Crippen molar-refractivity contribution in [2.24, 2.45) is 11.5 Å². The zero-order chi connectivity index (χ0) is 20.3. The van der Waals surface area contributed by atoms with E-state index in [9.17, 15) is 14.0 Å². The van der Waals surface area contributed by atoms with Gasteiger partial charge in [0.05, 0.1) is 17.4 Å². The number of primary amides is 2. The van der Waals surface area contributed by atoms with Gasteiger partial charge in [0, 0.05) is 5.39 Å². The lowest BCUT2D eigenvalue weighted by Crippen LogP contribution is -2.35. The lowest BCUT2D eigenvalue weighted by atomic mass is 10.2. The van der Waals surface area contributed by atoms with Crippen LogP contribution in [-0.2, 0) is 4.79 Å². The minimum atomic E-state index is -0.851. The average molecular weight is 384 g/mol. The standard InChI is InChI=1S/C17H17FN8O2/c1-2-11(14(19)27)23-17-24-16(13(15(20)28)25-26-17)22-10-6-8-5-9(18)3-4-12(8)21-7-10/h3-7,11H,2H2,1H3,(H2,19,27)(H2,20,28)(H2,22,23,24,26)/t11-/m1/s1. The number of nitrogens with one attached hydrogen (secondary N) is 2. The number of halogens is 1. The molecule has 0 bridgehead atoms. The van der Waals surface area contributed by atoms with Crippen LogP contribution in [0.25, 0.3) is 10.9 Å². The van der Waals surface area contributed by atoms with Gasteiger partial charge in [0.15, 0.2) is 11.5 Å². The van der Waals surface area contributed by atoms with E-state index < -0.39 is 23.7 Å². The summed E-state index contributed by atoms with van der Waals surface area (Å²) >= 11 is 0. The fraction of sp³-hybridized carbons (Fsp3) is 0.176. The van der Waals surface area contributed by atoms with Crippen molar-refractivity contribution in [3.8, 4) is 0 Å². The zero-order valence-electron chi connectivity index (χ0n) is 14.8. The number of nitrogens with zero attached hydrogens (tertiary/aromatic N) is 4. The van der Waals surface area contributed by atoms with E-state index in [1.54, 1.807) is 19.1 Å². The highest BCUT2D eigenvalue weighted by molar-refractivity contribution is 5.96. The van der Waals surface area contributed by atoms with Crippen LogP contribution in [0.5, 0.6) is 0 Å². The van der Waals surface area contributed by atoms with Crippen LogP contribution in [0.2, 0.25) is 0 Å². The van der Waals surface area contributed by atoms with Crippen LogP contribution in [0.1, 0.15) is 23.8 Å². The summed E-state index contributed by atoms with van der Waals surface area (Å²) < 4.78 is 13.5. The first-order valence-corrected chi connectivity index (χ1v) is 8.30. The molecular weight excluding hydrogens is 367 g/mol. The number of amides is 2. The molecule has 0 unspecified atom stereocenters. The van der Waals surface area contributed by atoms with Crippen LogP contribution in [0.15, 0.2) is 30.5 Å². The number of rotatable bonds is 7. The molecule has 0 spiro atoms. The molecule has 2 heterocycles. The van der Waals surface area contributed by atoms with Crippen molar-refractivity contribution in [3.63, 3.8) is 0 Å². The Bertz CT molecular complexity index is 1060. The maximum absolute atomic E-state index is 13.5. The van der Waals surface area contributed by atoms with Crippen molar-refractivity contribution < 1.29 is 14.0 Å². The minimum absolute atomic E-state index is 0.00174. The molecule has 28 heavy (non-hydrogen) atoms. The average Bonchev–Trinajstić information content (AvgIpc) is 2.65. The van der Waals surface area contributed by atoms with Crippen molar-refractivity contribution in [1.29, 1.82) is 0 Å². The Morgan fingerprint density at radius 2 is 2.00 bits per heavy atom. The highest BCUT2D eigenvalue weighted by Crippen LogP contribution is 2.22. The van der Waals surface area contributed by atoms with E-state index in [0.717, 1.165) is 0 Å². The quantitative estimate of drug-likeness (QED) is 0.470. The van der Waals surface area contributed by atoms with Gasteiger partial charge in [-0.3, -0.25) is 14.6 Å². The smallest absolute Gasteiger partial charge is 0.273 e. The number of aromatic nitrogens is 4. The van der Waals surface area contributed by atoms with E-state index in [-0.39, 0.29) is 17.5 Å². The summed E-state index contributed by atoms with van der Waals surface area (Å²) in [5.41, 5.74) is 11.4. The van der Waals surface area contributed by atoms with Gasteiger partial charge in [-0.1, -0.05) is 6.92 Å². The minimum Gasteiger partial charge on any atom is -0.368 e. The fourth-order valence-corrected chi connectivity index (χ4v) is 2.48. The first-order valence-electron chi connectivity index (χ1n) is 8.30. The van der Waals surface area contributed by atoms with Gasteiger partial charge in [-0.25, -0.2) is 4.39 Å². The van der Waals surface area contributed by atoms with E-state index in [2.05, 4.69) is 30.8 Å². The Balaban J connectivity index is 1.95. The van der Waals surface area contributed by atoms with E-state index in [1.165, 1.54) is 18.3 Å². The Morgan fingerprint density at radius 3 is 2.68 bits per heavy atom. The number of carbonyl (C=O) groups excluding carboxylic acids is 2. The summed E-state index contributed by atoms with van der Waals surface area (Å²) in [6, 6.07) is 5.10. The van der Waals surface area contributed by atoms with E-state index in [1.807, 2.05) is 0 Å². The molecule has 11 heteroatoms. The molecule has 1 atom stereocenters. The second kappa shape index (κ2) is 7.78. The molecule has 6 N–H and O–H groups in total. The van der Waals surface area contributed by atoms with Gasteiger partial charge in [0.2, 0.25) is 11.9 Å². The van der Waals surface area contributed by atoms with Crippen LogP contribution in [0, 0.1) is 5.82 Å². The molecule has 3 rings (SSSR count). The van der Waals surface area contributed by atoms with Crippen molar-refractivity contribution in [3.05, 3.63) is 42.0 Å². The summed E-state index contributed by atoms with van der Waals surface area (Å²) in [5.74, 6) is -1.85. The topological polar surface area (TPSA) is 162 Å². The number of carbonyl (C=O) groups is 2. The molecule has 144 valence electrons. The van der Waals surface area contributed by atoms with E-state index in [0.29, 0.717) is 23.0 Å². The second-order valence-corrected chi connectivity index (χ2v) is 5.89. The van der Waals surface area contributed by atoms with E-state index in [4.69, 9.17) is 11.5 Å². The molecule has 1 aromatic carbocycles. The van der Waals surface area contributed by atoms with Gasteiger partial charge in [0.25, 0.3) is 5.91 Å². The number of hydrogen-bond donors (Lipinski definition) is 4. The summed E-state index contributed by atoms with van der Waals surface area (Å²) in [6.07, 6.45) is 1.89. The largest absolute Gasteiger partial charge is 0.368 e. The van der Waals surface area contributed by atoms with Crippen LogP contribution in [-0.4, -0.2) is 38.0 Å². The first kappa shape index (κ1) is 18.9. The summed E-state index contributed by atoms with van der Waals surface area (Å²) in [6.45, 7) is 1.76. The maximum atomic E-state index is 13.5. The highest BCUT2D eigenvalue weighted by Gasteiger charge is 2.18. The molecule has 0 aliphatic heterocycles. The van der Waals surface area contributed by atoms with Gasteiger partial charge in [-0.05, 0) is 30.7 Å². The third kappa shape index (κ3) is 4.09. The zero-order valence-corrected chi connectivity index (χ0v) is 14.8. The Hall–Kier alpha value is -3.89. The summed E-state index contributed by atoms with van der Waals surface area (Å²) in [4.78, 5) is 31.4. The van der Waals surface area contributed by atoms with Crippen molar-refractivity contribution >= 4 is 40.2 Å². The van der Waals surface area contributed by atoms with Crippen LogP contribution in [0.3, 0.4) is 0 Å². The van der Waals surface area contributed by atoms with Gasteiger partial charge in [-0.15, -0.1) is 10.2 Å². The van der Waals surface area contributed by atoms with Crippen LogP contribution >= 0.6 is 0 Å². The number of benzene rings is 1. The maximum Gasteiger partial charge on any atom is 0.273 e. The predicted octanol–water partition coefficient (Wildman–Crippen LogP) is 1.08. The number of anilines is 3. The number of hydrogen-bond acceptors (Lipinski definition) is 8. The molecule has 0 saturated heterocycles. The Labute approximate surface area is 158 Å². The van der Waals surface area contributed by atoms with Gasteiger partial charge >= 0.3 is 0 Å². The highest BCUT2D eigenvalue weighted by atomic mass is 19.1. The van der Waals surface area contributed by atoms with E-state index >= 15 is 0 Å². The molecule has 2 amide bonds. The summed E-state index contributed by atoms with van der Waals surface area (Å²) in [7, 11) is 0. The normalized spacial score (nSPS) is 11.8.